The SMILES string of the molecule is Cc1cc2c(Nc3ccc(OCc4ccccc4)cc3)nc(Cl)nc2s1. The fourth-order valence-electron chi connectivity index (χ4n) is 2.62. The lowest BCUT2D eigenvalue weighted by molar-refractivity contribution is 0.306. The van der Waals surface area contributed by atoms with Crippen LogP contribution in [-0.2, 0) is 6.61 Å². The minimum atomic E-state index is 0.240. The number of thiophene rings is 1. The molecular weight excluding hydrogens is 366 g/mol. The van der Waals surface area contributed by atoms with Crippen LogP contribution in [0, 0.1) is 6.92 Å². The maximum atomic E-state index is 6.05. The van der Waals surface area contributed by atoms with Crippen molar-refractivity contribution in [2.75, 3.05) is 5.32 Å². The summed E-state index contributed by atoms with van der Waals surface area (Å²) in [4.78, 5) is 10.7. The van der Waals surface area contributed by atoms with Gasteiger partial charge >= 0.3 is 0 Å². The molecule has 0 spiro atoms. The third-order valence-corrected chi connectivity index (χ3v) is 4.97. The van der Waals surface area contributed by atoms with Crippen molar-refractivity contribution in [2.45, 2.75) is 13.5 Å². The van der Waals surface area contributed by atoms with Gasteiger partial charge in [-0.15, -0.1) is 11.3 Å². The highest BCUT2D eigenvalue weighted by molar-refractivity contribution is 7.18. The summed E-state index contributed by atoms with van der Waals surface area (Å²) in [6.45, 7) is 2.59. The van der Waals surface area contributed by atoms with Crippen LogP contribution in [0.4, 0.5) is 11.5 Å². The molecule has 2 heterocycles. The Bertz CT molecular complexity index is 1030. The molecule has 4 aromatic rings. The molecule has 0 atom stereocenters. The molecule has 0 aliphatic rings. The van der Waals surface area contributed by atoms with Crippen LogP contribution >= 0.6 is 22.9 Å². The number of benzene rings is 2. The van der Waals surface area contributed by atoms with Crippen LogP contribution in [-0.4, -0.2) is 9.97 Å². The molecule has 0 radical (unpaired) electrons. The van der Waals surface area contributed by atoms with E-state index < -0.39 is 0 Å². The van der Waals surface area contributed by atoms with E-state index in [9.17, 15) is 0 Å². The van der Waals surface area contributed by atoms with Gasteiger partial charge in [0.15, 0.2) is 0 Å². The molecule has 0 saturated carbocycles. The number of ether oxygens (including phenoxy) is 1. The van der Waals surface area contributed by atoms with Crippen molar-refractivity contribution < 1.29 is 4.74 Å². The number of nitrogens with zero attached hydrogens (tertiary/aromatic N) is 2. The molecule has 0 aliphatic heterocycles. The van der Waals surface area contributed by atoms with Crippen molar-refractivity contribution in [3.8, 4) is 5.75 Å². The highest BCUT2D eigenvalue weighted by atomic mass is 35.5. The van der Waals surface area contributed by atoms with Gasteiger partial charge in [-0.05, 0) is 54.4 Å². The molecule has 0 bridgehead atoms. The van der Waals surface area contributed by atoms with Crippen molar-refractivity contribution in [2.24, 2.45) is 0 Å². The van der Waals surface area contributed by atoms with E-state index in [1.54, 1.807) is 11.3 Å². The normalized spacial score (nSPS) is 10.8. The van der Waals surface area contributed by atoms with Gasteiger partial charge in [-0.2, -0.15) is 4.98 Å². The lowest BCUT2D eigenvalue weighted by atomic mass is 10.2. The number of hydrogen-bond donors (Lipinski definition) is 1. The summed E-state index contributed by atoms with van der Waals surface area (Å²) in [6.07, 6.45) is 0. The Morgan fingerprint density at radius 3 is 2.58 bits per heavy atom. The van der Waals surface area contributed by atoms with Crippen molar-refractivity contribution in [3.63, 3.8) is 0 Å². The highest BCUT2D eigenvalue weighted by Gasteiger charge is 2.10. The Balaban J connectivity index is 1.49. The number of aromatic nitrogens is 2. The van der Waals surface area contributed by atoms with Gasteiger partial charge in [0.1, 0.15) is 23.0 Å². The summed E-state index contributed by atoms with van der Waals surface area (Å²) in [5.74, 6) is 1.53. The molecule has 0 saturated heterocycles. The van der Waals surface area contributed by atoms with Gasteiger partial charge in [0.2, 0.25) is 5.28 Å². The van der Waals surface area contributed by atoms with Gasteiger partial charge in [-0.25, -0.2) is 4.98 Å². The maximum absolute atomic E-state index is 6.05. The maximum Gasteiger partial charge on any atom is 0.225 e. The molecule has 26 heavy (non-hydrogen) atoms. The van der Waals surface area contributed by atoms with Gasteiger partial charge in [0.25, 0.3) is 0 Å². The van der Waals surface area contributed by atoms with Gasteiger partial charge in [0.05, 0.1) is 5.39 Å². The number of halogens is 1. The Kier molecular flexibility index (Phi) is 4.73. The third-order valence-electron chi connectivity index (χ3n) is 3.85. The predicted octanol–water partition coefficient (Wildman–Crippen LogP) is 5.98. The highest BCUT2D eigenvalue weighted by Crippen LogP contribution is 2.31. The van der Waals surface area contributed by atoms with Gasteiger partial charge in [-0.3, -0.25) is 0 Å². The third kappa shape index (κ3) is 3.79. The molecule has 0 unspecified atom stereocenters. The smallest absolute Gasteiger partial charge is 0.225 e. The molecular formula is C20H16ClN3OS. The topological polar surface area (TPSA) is 47.0 Å². The van der Waals surface area contributed by atoms with E-state index in [0.29, 0.717) is 12.4 Å². The lowest BCUT2D eigenvalue weighted by Crippen LogP contribution is -1.97. The molecule has 2 aromatic carbocycles. The van der Waals surface area contributed by atoms with E-state index in [4.69, 9.17) is 16.3 Å². The number of fused-ring (bicyclic) bond motifs is 1. The summed E-state index contributed by atoms with van der Waals surface area (Å²) in [7, 11) is 0. The molecule has 2 aromatic heterocycles. The molecule has 4 rings (SSSR count). The summed E-state index contributed by atoms with van der Waals surface area (Å²) in [5.41, 5.74) is 2.05. The van der Waals surface area contributed by atoms with Crippen LogP contribution in [0.25, 0.3) is 10.2 Å². The number of rotatable bonds is 5. The second kappa shape index (κ2) is 7.32. The van der Waals surface area contributed by atoms with Crippen LogP contribution in [0.1, 0.15) is 10.4 Å². The van der Waals surface area contributed by atoms with E-state index in [1.807, 2.05) is 61.5 Å². The number of aryl methyl sites for hydroxylation is 1. The number of anilines is 2. The largest absolute Gasteiger partial charge is 0.489 e. The standard InChI is InChI=1S/C20H16ClN3OS/c1-13-11-17-18(23-20(21)24-19(17)26-13)22-15-7-9-16(10-8-15)25-12-14-5-3-2-4-6-14/h2-11H,12H2,1H3,(H,22,23,24). The van der Waals surface area contributed by atoms with Crippen molar-refractivity contribution in [1.82, 2.24) is 9.97 Å². The molecule has 130 valence electrons. The summed E-state index contributed by atoms with van der Waals surface area (Å²) < 4.78 is 5.82. The first-order chi connectivity index (χ1) is 12.7. The summed E-state index contributed by atoms with van der Waals surface area (Å²) in [6, 6.07) is 19.9. The fraction of sp³-hybridized carbons (Fsp3) is 0.100. The Morgan fingerprint density at radius 1 is 1.04 bits per heavy atom. The van der Waals surface area contributed by atoms with Gasteiger partial charge in [-0.1, -0.05) is 30.3 Å². The van der Waals surface area contributed by atoms with E-state index in [1.165, 1.54) is 4.88 Å². The van der Waals surface area contributed by atoms with Gasteiger partial charge < -0.3 is 10.1 Å². The first kappa shape index (κ1) is 16.8. The van der Waals surface area contributed by atoms with Crippen molar-refractivity contribution >= 4 is 44.7 Å². The Morgan fingerprint density at radius 2 is 1.81 bits per heavy atom. The molecule has 1 N–H and O–H groups in total. The molecule has 0 aliphatic carbocycles. The monoisotopic (exact) mass is 381 g/mol. The van der Waals surface area contributed by atoms with E-state index in [-0.39, 0.29) is 5.28 Å². The average molecular weight is 382 g/mol. The van der Waals surface area contributed by atoms with E-state index in [0.717, 1.165) is 27.2 Å². The molecule has 6 heteroatoms. The van der Waals surface area contributed by atoms with Crippen molar-refractivity contribution in [3.05, 3.63) is 76.4 Å². The molecule has 0 amide bonds. The first-order valence-electron chi connectivity index (χ1n) is 8.15. The average Bonchev–Trinajstić information content (AvgIpc) is 3.02. The minimum Gasteiger partial charge on any atom is -0.489 e. The first-order valence-corrected chi connectivity index (χ1v) is 9.34. The van der Waals surface area contributed by atoms with E-state index in [2.05, 4.69) is 21.4 Å². The second-order valence-corrected chi connectivity index (χ2v) is 7.41. The van der Waals surface area contributed by atoms with E-state index >= 15 is 0 Å². The van der Waals surface area contributed by atoms with Crippen LogP contribution in [0.3, 0.4) is 0 Å². The Labute approximate surface area is 160 Å². The molecule has 0 fully saturated rings. The quantitative estimate of drug-likeness (QED) is 0.432. The van der Waals surface area contributed by atoms with Crippen LogP contribution in [0.15, 0.2) is 60.7 Å². The summed E-state index contributed by atoms with van der Waals surface area (Å²) in [5, 5.41) is 4.53. The van der Waals surface area contributed by atoms with Gasteiger partial charge in [0, 0.05) is 10.6 Å². The number of nitrogens with one attached hydrogen (secondary N) is 1. The zero-order valence-electron chi connectivity index (χ0n) is 14.1. The fourth-order valence-corrected chi connectivity index (χ4v) is 3.72. The van der Waals surface area contributed by atoms with Crippen LogP contribution in [0.5, 0.6) is 5.75 Å². The minimum absolute atomic E-state index is 0.240. The molecule has 4 nitrogen and oxygen atoms in total. The predicted molar refractivity (Wildman–Crippen MR) is 108 cm³/mol. The lowest BCUT2D eigenvalue weighted by Gasteiger charge is -2.09. The Hall–Kier alpha value is -2.63. The zero-order valence-corrected chi connectivity index (χ0v) is 15.6. The van der Waals surface area contributed by atoms with Crippen LogP contribution < -0.4 is 10.1 Å². The number of hydrogen-bond acceptors (Lipinski definition) is 5. The second-order valence-electron chi connectivity index (χ2n) is 5.84. The summed E-state index contributed by atoms with van der Waals surface area (Å²) >= 11 is 7.65. The van der Waals surface area contributed by atoms with Crippen LogP contribution in [0.2, 0.25) is 5.28 Å². The zero-order chi connectivity index (χ0) is 17.9. The van der Waals surface area contributed by atoms with Crippen molar-refractivity contribution in [1.29, 1.82) is 0 Å².